The van der Waals surface area contributed by atoms with Crippen LogP contribution in [-0.4, -0.2) is 17.0 Å². The number of hydrogen-bond donors (Lipinski definition) is 0. The van der Waals surface area contributed by atoms with E-state index in [-0.39, 0.29) is 0 Å². The van der Waals surface area contributed by atoms with Crippen molar-refractivity contribution < 1.29 is 0 Å². The summed E-state index contributed by atoms with van der Waals surface area (Å²) in [5, 5.41) is 0.496. The van der Waals surface area contributed by atoms with Gasteiger partial charge >= 0.3 is 0 Å². The predicted molar refractivity (Wildman–Crippen MR) is 75.1 cm³/mol. The summed E-state index contributed by atoms with van der Waals surface area (Å²) in [5.74, 6) is 0.740. The summed E-state index contributed by atoms with van der Waals surface area (Å²) in [5.41, 5.74) is 3.28. The summed E-state index contributed by atoms with van der Waals surface area (Å²) < 4.78 is 0. The minimum Gasteiger partial charge on any atom is -0.367 e. The molecule has 0 bridgehead atoms. The molecule has 1 aromatic heterocycles. The lowest BCUT2D eigenvalue weighted by Gasteiger charge is -2.19. The fourth-order valence-electron chi connectivity index (χ4n) is 1.83. The lowest BCUT2D eigenvalue weighted by Crippen LogP contribution is -2.18. The summed E-state index contributed by atoms with van der Waals surface area (Å²) in [6, 6.07) is 10.1. The van der Waals surface area contributed by atoms with Gasteiger partial charge in [-0.25, -0.2) is 9.97 Å². The molecule has 0 aliphatic rings. The van der Waals surface area contributed by atoms with E-state index in [9.17, 15) is 0 Å². The molecular weight excluding hydrogens is 246 g/mol. The van der Waals surface area contributed by atoms with Gasteiger partial charge in [-0.3, -0.25) is 0 Å². The summed E-state index contributed by atoms with van der Waals surface area (Å²) >= 11 is 5.94. The Bertz CT molecular complexity index is 534. The van der Waals surface area contributed by atoms with Crippen LogP contribution in [0.5, 0.6) is 0 Å². The number of aryl methyl sites for hydroxylation is 2. The maximum Gasteiger partial charge on any atom is 0.149 e. The van der Waals surface area contributed by atoms with Crippen molar-refractivity contribution in [1.29, 1.82) is 0 Å². The third kappa shape index (κ3) is 3.20. The average molecular weight is 262 g/mol. The highest BCUT2D eigenvalue weighted by Gasteiger charge is 2.06. The van der Waals surface area contributed by atoms with Crippen molar-refractivity contribution in [3.8, 4) is 0 Å². The highest BCUT2D eigenvalue weighted by molar-refractivity contribution is 6.29. The van der Waals surface area contributed by atoms with Crippen molar-refractivity contribution in [3.63, 3.8) is 0 Å². The van der Waals surface area contributed by atoms with E-state index >= 15 is 0 Å². The zero-order valence-electron chi connectivity index (χ0n) is 10.8. The van der Waals surface area contributed by atoms with Crippen LogP contribution in [0, 0.1) is 13.8 Å². The third-order valence-corrected chi connectivity index (χ3v) is 2.88. The molecule has 18 heavy (non-hydrogen) atoms. The molecule has 2 aromatic rings. The number of hydrogen-bond acceptors (Lipinski definition) is 3. The Morgan fingerprint density at radius 2 is 1.94 bits per heavy atom. The van der Waals surface area contributed by atoms with E-state index in [4.69, 9.17) is 11.6 Å². The lowest BCUT2D eigenvalue weighted by atomic mass is 10.2. The number of rotatable bonds is 3. The zero-order valence-corrected chi connectivity index (χ0v) is 11.6. The van der Waals surface area contributed by atoms with Crippen molar-refractivity contribution in [3.05, 3.63) is 52.6 Å². The van der Waals surface area contributed by atoms with Crippen molar-refractivity contribution >= 4 is 17.3 Å². The molecule has 0 radical (unpaired) electrons. The number of halogens is 1. The number of anilines is 1. The second-order valence-corrected chi connectivity index (χ2v) is 4.83. The quantitative estimate of drug-likeness (QED) is 0.793. The molecule has 0 aliphatic carbocycles. The van der Waals surface area contributed by atoms with Gasteiger partial charge in [0, 0.05) is 18.4 Å². The first-order chi connectivity index (χ1) is 8.54. The fourth-order valence-corrected chi connectivity index (χ4v) is 2.08. The second-order valence-electron chi connectivity index (χ2n) is 4.44. The largest absolute Gasteiger partial charge is 0.367 e. The number of aromatic nitrogens is 2. The van der Waals surface area contributed by atoms with Crippen LogP contribution in [0.3, 0.4) is 0 Å². The van der Waals surface area contributed by atoms with Gasteiger partial charge in [0.25, 0.3) is 0 Å². The van der Waals surface area contributed by atoms with Crippen molar-refractivity contribution in [1.82, 2.24) is 9.97 Å². The molecule has 4 heteroatoms. The monoisotopic (exact) mass is 261 g/mol. The normalized spacial score (nSPS) is 10.4. The molecule has 0 aliphatic heterocycles. The fraction of sp³-hybridized carbons (Fsp3) is 0.286. The van der Waals surface area contributed by atoms with E-state index in [1.165, 1.54) is 5.56 Å². The molecule has 0 atom stereocenters. The Balaban J connectivity index is 2.18. The lowest BCUT2D eigenvalue weighted by molar-refractivity contribution is 0.828. The standard InChI is InChI=1S/C14H16ClN3/c1-10-5-4-6-12(7-10)18(3)9-14-16-11(2)8-13(15)17-14/h4-8H,9H2,1-3H3. The van der Waals surface area contributed by atoms with Gasteiger partial charge < -0.3 is 4.90 Å². The Hall–Kier alpha value is -1.61. The molecule has 94 valence electrons. The van der Waals surface area contributed by atoms with E-state index in [1.54, 1.807) is 6.07 Å². The van der Waals surface area contributed by atoms with E-state index < -0.39 is 0 Å². The molecule has 0 N–H and O–H groups in total. The van der Waals surface area contributed by atoms with Crippen LogP contribution in [0.1, 0.15) is 17.1 Å². The molecular formula is C14H16ClN3. The summed E-state index contributed by atoms with van der Waals surface area (Å²) in [7, 11) is 2.02. The number of benzene rings is 1. The van der Waals surface area contributed by atoms with Crippen LogP contribution in [0.25, 0.3) is 0 Å². The Morgan fingerprint density at radius 3 is 2.61 bits per heavy atom. The minimum atomic E-state index is 0.496. The summed E-state index contributed by atoms with van der Waals surface area (Å²) in [6.07, 6.45) is 0. The molecule has 3 nitrogen and oxygen atoms in total. The van der Waals surface area contributed by atoms with Gasteiger partial charge in [-0.05, 0) is 37.6 Å². The molecule has 0 saturated carbocycles. The topological polar surface area (TPSA) is 29.0 Å². The first-order valence-corrected chi connectivity index (χ1v) is 6.20. The Morgan fingerprint density at radius 1 is 1.17 bits per heavy atom. The SMILES string of the molecule is Cc1cccc(N(C)Cc2nc(C)cc(Cl)n2)c1. The Kier molecular flexibility index (Phi) is 3.82. The smallest absolute Gasteiger partial charge is 0.149 e. The molecule has 0 spiro atoms. The van der Waals surface area contributed by atoms with E-state index in [1.807, 2.05) is 20.0 Å². The predicted octanol–water partition coefficient (Wildman–Crippen LogP) is 3.38. The maximum atomic E-state index is 5.94. The molecule has 1 aromatic carbocycles. The van der Waals surface area contributed by atoms with Gasteiger partial charge in [0.05, 0.1) is 6.54 Å². The van der Waals surface area contributed by atoms with E-state index in [2.05, 4.69) is 40.0 Å². The van der Waals surface area contributed by atoms with Gasteiger partial charge in [-0.1, -0.05) is 23.7 Å². The van der Waals surface area contributed by atoms with Crippen LogP contribution >= 0.6 is 11.6 Å². The Labute approximate surface area is 112 Å². The average Bonchev–Trinajstić information content (AvgIpc) is 2.27. The van der Waals surface area contributed by atoms with Crippen LogP contribution < -0.4 is 4.90 Å². The summed E-state index contributed by atoms with van der Waals surface area (Å²) in [4.78, 5) is 10.7. The first-order valence-electron chi connectivity index (χ1n) is 5.82. The van der Waals surface area contributed by atoms with Crippen molar-refractivity contribution in [2.75, 3.05) is 11.9 Å². The van der Waals surface area contributed by atoms with Gasteiger partial charge in [-0.2, -0.15) is 0 Å². The van der Waals surface area contributed by atoms with E-state index in [0.717, 1.165) is 17.2 Å². The molecule has 1 heterocycles. The van der Waals surface area contributed by atoms with Crippen molar-refractivity contribution in [2.45, 2.75) is 20.4 Å². The summed E-state index contributed by atoms with van der Waals surface area (Å²) in [6.45, 7) is 4.64. The van der Waals surface area contributed by atoms with Gasteiger partial charge in [0.2, 0.25) is 0 Å². The first kappa shape index (κ1) is 12.8. The molecule has 0 fully saturated rings. The molecule has 0 unspecified atom stereocenters. The van der Waals surface area contributed by atoms with Crippen LogP contribution in [0.4, 0.5) is 5.69 Å². The molecule has 2 rings (SSSR count). The van der Waals surface area contributed by atoms with Crippen LogP contribution in [-0.2, 0) is 6.54 Å². The van der Waals surface area contributed by atoms with Gasteiger partial charge in [0.1, 0.15) is 11.0 Å². The van der Waals surface area contributed by atoms with Gasteiger partial charge in [0.15, 0.2) is 0 Å². The van der Waals surface area contributed by atoms with Crippen LogP contribution in [0.2, 0.25) is 5.15 Å². The highest BCUT2D eigenvalue weighted by Crippen LogP contribution is 2.16. The third-order valence-electron chi connectivity index (χ3n) is 2.69. The zero-order chi connectivity index (χ0) is 13.1. The van der Waals surface area contributed by atoms with Crippen LogP contribution in [0.15, 0.2) is 30.3 Å². The van der Waals surface area contributed by atoms with E-state index in [0.29, 0.717) is 11.7 Å². The molecule has 0 saturated heterocycles. The number of nitrogens with zero attached hydrogens (tertiary/aromatic N) is 3. The van der Waals surface area contributed by atoms with Gasteiger partial charge in [-0.15, -0.1) is 0 Å². The van der Waals surface area contributed by atoms with Crippen molar-refractivity contribution in [2.24, 2.45) is 0 Å². The second kappa shape index (κ2) is 5.36. The minimum absolute atomic E-state index is 0.496. The highest BCUT2D eigenvalue weighted by atomic mass is 35.5. The molecule has 0 amide bonds. The maximum absolute atomic E-state index is 5.94.